The van der Waals surface area contributed by atoms with Crippen LogP contribution >= 0.6 is 0 Å². The van der Waals surface area contributed by atoms with E-state index in [0.717, 1.165) is 19.5 Å². The van der Waals surface area contributed by atoms with Crippen molar-refractivity contribution in [3.63, 3.8) is 0 Å². The molecule has 1 fully saturated rings. The second-order valence-corrected chi connectivity index (χ2v) is 4.52. The van der Waals surface area contributed by atoms with E-state index in [0.29, 0.717) is 12.1 Å². The highest BCUT2D eigenvalue weighted by atomic mass is 15.2. The molecule has 0 aromatic heterocycles. The van der Waals surface area contributed by atoms with Gasteiger partial charge in [-0.15, -0.1) is 0 Å². The van der Waals surface area contributed by atoms with Gasteiger partial charge in [-0.25, -0.2) is 0 Å². The van der Waals surface area contributed by atoms with Crippen LogP contribution in [0.3, 0.4) is 0 Å². The van der Waals surface area contributed by atoms with Crippen LogP contribution in [0.1, 0.15) is 33.1 Å². The average Bonchev–Trinajstić information content (AvgIpc) is 2.19. The first-order valence-corrected chi connectivity index (χ1v) is 5.91. The summed E-state index contributed by atoms with van der Waals surface area (Å²) in [5.74, 6) is 0. The van der Waals surface area contributed by atoms with Gasteiger partial charge in [-0.1, -0.05) is 0 Å². The standard InChI is InChI=1S/C11H25N3/c1-10(2)14-8-3-5-11(9-14)13-7-4-6-12/h10-11,13H,3-9,12H2,1-2H3. The van der Waals surface area contributed by atoms with E-state index < -0.39 is 0 Å². The van der Waals surface area contributed by atoms with Crippen molar-refractivity contribution in [2.45, 2.75) is 45.2 Å². The lowest BCUT2D eigenvalue weighted by atomic mass is 10.0. The topological polar surface area (TPSA) is 41.3 Å². The molecule has 1 aliphatic rings. The molecule has 3 N–H and O–H groups in total. The highest BCUT2D eigenvalue weighted by molar-refractivity contribution is 4.79. The molecule has 1 aliphatic heterocycles. The minimum Gasteiger partial charge on any atom is -0.330 e. The van der Waals surface area contributed by atoms with E-state index in [1.807, 2.05) is 0 Å². The summed E-state index contributed by atoms with van der Waals surface area (Å²) in [4.78, 5) is 2.56. The van der Waals surface area contributed by atoms with Crippen molar-refractivity contribution in [3.8, 4) is 0 Å². The first-order valence-electron chi connectivity index (χ1n) is 5.91. The Morgan fingerprint density at radius 2 is 2.29 bits per heavy atom. The van der Waals surface area contributed by atoms with E-state index in [1.165, 1.54) is 25.9 Å². The molecule has 0 bridgehead atoms. The van der Waals surface area contributed by atoms with Crippen molar-refractivity contribution in [1.29, 1.82) is 0 Å². The molecule has 14 heavy (non-hydrogen) atoms. The highest BCUT2D eigenvalue weighted by Gasteiger charge is 2.20. The fraction of sp³-hybridized carbons (Fsp3) is 1.00. The summed E-state index contributed by atoms with van der Waals surface area (Å²) in [5, 5.41) is 3.59. The number of hydrogen-bond acceptors (Lipinski definition) is 3. The molecule has 1 saturated heterocycles. The molecule has 0 aliphatic carbocycles. The van der Waals surface area contributed by atoms with Gasteiger partial charge in [-0.05, 0) is 52.7 Å². The van der Waals surface area contributed by atoms with E-state index in [-0.39, 0.29) is 0 Å². The molecule has 0 saturated carbocycles. The summed E-state index contributed by atoms with van der Waals surface area (Å²) < 4.78 is 0. The largest absolute Gasteiger partial charge is 0.330 e. The summed E-state index contributed by atoms with van der Waals surface area (Å²) in [6, 6.07) is 1.38. The summed E-state index contributed by atoms with van der Waals surface area (Å²) in [5.41, 5.74) is 5.47. The quantitative estimate of drug-likeness (QED) is 0.644. The normalized spacial score (nSPS) is 24.4. The van der Waals surface area contributed by atoms with Gasteiger partial charge in [0.1, 0.15) is 0 Å². The fourth-order valence-corrected chi connectivity index (χ4v) is 2.05. The monoisotopic (exact) mass is 199 g/mol. The SMILES string of the molecule is CC(C)N1CCCC(NCCCN)C1. The predicted octanol–water partition coefficient (Wildman–Crippen LogP) is 0.798. The number of nitrogens with zero attached hydrogens (tertiary/aromatic N) is 1. The van der Waals surface area contributed by atoms with Crippen LogP contribution in [-0.4, -0.2) is 43.2 Å². The smallest absolute Gasteiger partial charge is 0.0195 e. The van der Waals surface area contributed by atoms with Crippen LogP contribution in [0.2, 0.25) is 0 Å². The lowest BCUT2D eigenvalue weighted by Gasteiger charge is -2.35. The van der Waals surface area contributed by atoms with Crippen LogP contribution in [0.25, 0.3) is 0 Å². The van der Waals surface area contributed by atoms with Gasteiger partial charge in [0.2, 0.25) is 0 Å². The van der Waals surface area contributed by atoms with Gasteiger partial charge < -0.3 is 11.1 Å². The third kappa shape index (κ3) is 3.95. The first-order chi connectivity index (χ1) is 6.74. The average molecular weight is 199 g/mol. The maximum absolute atomic E-state index is 5.47. The Hall–Kier alpha value is -0.120. The van der Waals surface area contributed by atoms with Crippen molar-refractivity contribution in [3.05, 3.63) is 0 Å². The third-order valence-electron chi connectivity index (χ3n) is 3.00. The Morgan fingerprint density at radius 1 is 1.50 bits per heavy atom. The van der Waals surface area contributed by atoms with Gasteiger partial charge >= 0.3 is 0 Å². The lowest BCUT2D eigenvalue weighted by molar-refractivity contribution is 0.154. The first kappa shape index (κ1) is 12.0. The maximum atomic E-state index is 5.47. The van der Waals surface area contributed by atoms with E-state index in [4.69, 9.17) is 5.73 Å². The van der Waals surface area contributed by atoms with Gasteiger partial charge in [-0.3, -0.25) is 4.90 Å². The van der Waals surface area contributed by atoms with Crippen molar-refractivity contribution < 1.29 is 0 Å². The van der Waals surface area contributed by atoms with Crippen molar-refractivity contribution >= 4 is 0 Å². The number of nitrogens with two attached hydrogens (primary N) is 1. The maximum Gasteiger partial charge on any atom is 0.0195 e. The van der Waals surface area contributed by atoms with Crippen LogP contribution in [0, 0.1) is 0 Å². The second kappa shape index (κ2) is 6.38. The number of rotatable bonds is 5. The third-order valence-corrected chi connectivity index (χ3v) is 3.00. The molecule has 3 nitrogen and oxygen atoms in total. The molecule has 1 atom stereocenters. The molecule has 3 heteroatoms. The van der Waals surface area contributed by atoms with Gasteiger partial charge in [-0.2, -0.15) is 0 Å². The molecule has 1 unspecified atom stereocenters. The summed E-state index contributed by atoms with van der Waals surface area (Å²) in [6.45, 7) is 8.92. The Bertz CT molecular complexity index is 147. The van der Waals surface area contributed by atoms with Crippen molar-refractivity contribution in [1.82, 2.24) is 10.2 Å². The van der Waals surface area contributed by atoms with Gasteiger partial charge in [0.25, 0.3) is 0 Å². The molecule has 0 amide bonds. The summed E-state index contributed by atoms with van der Waals surface area (Å²) in [6.07, 6.45) is 3.75. The zero-order valence-electron chi connectivity index (χ0n) is 9.63. The molecule has 0 spiro atoms. The zero-order chi connectivity index (χ0) is 10.4. The molecule has 0 radical (unpaired) electrons. The molecular weight excluding hydrogens is 174 g/mol. The van der Waals surface area contributed by atoms with Crippen LogP contribution < -0.4 is 11.1 Å². The molecule has 84 valence electrons. The number of nitrogens with one attached hydrogen (secondary N) is 1. The van der Waals surface area contributed by atoms with Crippen LogP contribution in [-0.2, 0) is 0 Å². The van der Waals surface area contributed by atoms with E-state index in [9.17, 15) is 0 Å². The Labute approximate surface area is 88.0 Å². The van der Waals surface area contributed by atoms with Crippen molar-refractivity contribution in [2.24, 2.45) is 5.73 Å². The summed E-state index contributed by atoms with van der Waals surface area (Å²) >= 11 is 0. The van der Waals surface area contributed by atoms with Gasteiger partial charge in [0, 0.05) is 18.6 Å². The molecular formula is C11H25N3. The van der Waals surface area contributed by atoms with E-state index in [2.05, 4.69) is 24.1 Å². The zero-order valence-corrected chi connectivity index (χ0v) is 9.63. The highest BCUT2D eigenvalue weighted by Crippen LogP contribution is 2.12. The van der Waals surface area contributed by atoms with Crippen LogP contribution in [0.5, 0.6) is 0 Å². The van der Waals surface area contributed by atoms with Gasteiger partial charge in [0.05, 0.1) is 0 Å². The Kier molecular flexibility index (Phi) is 5.45. The van der Waals surface area contributed by atoms with E-state index in [1.54, 1.807) is 0 Å². The lowest BCUT2D eigenvalue weighted by Crippen LogP contribution is -2.48. The fourth-order valence-electron chi connectivity index (χ4n) is 2.05. The minimum atomic E-state index is 0.689. The Balaban J connectivity index is 2.19. The van der Waals surface area contributed by atoms with Crippen LogP contribution in [0.4, 0.5) is 0 Å². The second-order valence-electron chi connectivity index (χ2n) is 4.52. The Morgan fingerprint density at radius 3 is 2.93 bits per heavy atom. The molecule has 1 rings (SSSR count). The van der Waals surface area contributed by atoms with E-state index >= 15 is 0 Å². The van der Waals surface area contributed by atoms with Gasteiger partial charge in [0.15, 0.2) is 0 Å². The number of piperidine rings is 1. The van der Waals surface area contributed by atoms with Crippen LogP contribution in [0.15, 0.2) is 0 Å². The number of likely N-dealkylation sites (tertiary alicyclic amines) is 1. The summed E-state index contributed by atoms with van der Waals surface area (Å²) in [7, 11) is 0. The number of hydrogen-bond donors (Lipinski definition) is 2. The minimum absolute atomic E-state index is 0.689. The molecule has 0 aromatic rings. The van der Waals surface area contributed by atoms with Crippen molar-refractivity contribution in [2.75, 3.05) is 26.2 Å². The molecule has 1 heterocycles. The molecule has 0 aromatic carbocycles. The predicted molar refractivity (Wildman–Crippen MR) is 61.4 cm³/mol.